The van der Waals surface area contributed by atoms with Crippen LogP contribution in [0.5, 0.6) is 0 Å². The number of carbonyl (C=O) groups is 2. The van der Waals surface area contributed by atoms with E-state index in [1.54, 1.807) is 17.0 Å². The van der Waals surface area contributed by atoms with Gasteiger partial charge in [0, 0.05) is 23.7 Å². The van der Waals surface area contributed by atoms with Crippen molar-refractivity contribution in [2.75, 3.05) is 13.1 Å². The van der Waals surface area contributed by atoms with Crippen LogP contribution in [0.25, 0.3) is 11.3 Å². The average molecular weight is 320 g/mol. The molecule has 1 fully saturated rings. The van der Waals surface area contributed by atoms with Crippen LogP contribution in [0.4, 0.5) is 0 Å². The minimum Gasteiger partial charge on any atom is -0.481 e. The van der Waals surface area contributed by atoms with Crippen LogP contribution in [0.1, 0.15) is 16.8 Å². The van der Waals surface area contributed by atoms with Gasteiger partial charge in [0.25, 0.3) is 5.91 Å². The van der Waals surface area contributed by atoms with Gasteiger partial charge in [-0.25, -0.2) is 0 Å². The highest BCUT2D eigenvalue weighted by molar-refractivity contribution is 6.33. The monoisotopic (exact) mass is 319 g/mol. The zero-order chi connectivity index (χ0) is 15.7. The van der Waals surface area contributed by atoms with Crippen LogP contribution >= 0.6 is 11.6 Å². The standard InChI is InChI=1S/C15H14ClN3O3/c16-12-4-2-1-3-10(12)13-11(7-17-18-13)14(20)19-6-5-9(8-19)15(21)22/h1-4,7,9H,5-6,8H2,(H,17,18)(H,21,22). The van der Waals surface area contributed by atoms with Gasteiger partial charge in [-0.2, -0.15) is 5.10 Å². The molecule has 1 aliphatic heterocycles. The summed E-state index contributed by atoms with van der Waals surface area (Å²) in [7, 11) is 0. The Morgan fingerprint density at radius 2 is 2.14 bits per heavy atom. The first-order valence-electron chi connectivity index (χ1n) is 6.88. The Labute approximate surface area is 131 Å². The first-order chi connectivity index (χ1) is 10.6. The van der Waals surface area contributed by atoms with E-state index in [1.807, 2.05) is 12.1 Å². The first kappa shape index (κ1) is 14.6. The maximum absolute atomic E-state index is 12.6. The number of benzene rings is 1. The minimum absolute atomic E-state index is 0.224. The Hall–Kier alpha value is -2.34. The fourth-order valence-electron chi connectivity index (χ4n) is 2.63. The molecule has 3 rings (SSSR count). The third kappa shape index (κ3) is 2.57. The fourth-order valence-corrected chi connectivity index (χ4v) is 2.86. The number of halogens is 1. The fraction of sp³-hybridized carbons (Fsp3) is 0.267. The smallest absolute Gasteiger partial charge is 0.308 e. The summed E-state index contributed by atoms with van der Waals surface area (Å²) in [5.41, 5.74) is 1.65. The Bertz CT molecular complexity index is 728. The number of hydrogen-bond donors (Lipinski definition) is 2. The molecule has 22 heavy (non-hydrogen) atoms. The number of H-pyrrole nitrogens is 1. The topological polar surface area (TPSA) is 86.3 Å². The van der Waals surface area contributed by atoms with Crippen LogP contribution in [-0.4, -0.2) is 45.2 Å². The Balaban J connectivity index is 1.88. The lowest BCUT2D eigenvalue weighted by Gasteiger charge is -2.16. The van der Waals surface area contributed by atoms with Gasteiger partial charge in [0.1, 0.15) is 0 Å². The van der Waals surface area contributed by atoms with Gasteiger partial charge in [-0.15, -0.1) is 0 Å². The van der Waals surface area contributed by atoms with Crippen LogP contribution < -0.4 is 0 Å². The minimum atomic E-state index is -0.867. The predicted octanol–water partition coefficient (Wildman–Crippen LogP) is 2.28. The maximum Gasteiger partial charge on any atom is 0.308 e. The second kappa shape index (κ2) is 5.81. The summed E-state index contributed by atoms with van der Waals surface area (Å²) in [5, 5.41) is 16.3. The van der Waals surface area contributed by atoms with E-state index in [1.165, 1.54) is 6.20 Å². The number of carboxylic acid groups (broad SMARTS) is 1. The van der Waals surface area contributed by atoms with Crippen molar-refractivity contribution in [3.63, 3.8) is 0 Å². The molecule has 0 saturated carbocycles. The van der Waals surface area contributed by atoms with Crippen molar-refractivity contribution >= 4 is 23.5 Å². The molecule has 1 aromatic heterocycles. The Kier molecular flexibility index (Phi) is 3.85. The van der Waals surface area contributed by atoms with Crippen LogP contribution in [0.3, 0.4) is 0 Å². The molecule has 1 unspecified atom stereocenters. The van der Waals surface area contributed by atoms with Crippen molar-refractivity contribution in [2.24, 2.45) is 5.92 Å². The number of aliphatic carboxylic acids is 1. The number of nitrogens with zero attached hydrogens (tertiary/aromatic N) is 2. The van der Waals surface area contributed by atoms with Gasteiger partial charge in [0.15, 0.2) is 0 Å². The lowest BCUT2D eigenvalue weighted by atomic mass is 10.1. The lowest BCUT2D eigenvalue weighted by Crippen LogP contribution is -2.30. The lowest BCUT2D eigenvalue weighted by molar-refractivity contribution is -0.141. The maximum atomic E-state index is 12.6. The highest BCUT2D eigenvalue weighted by Gasteiger charge is 2.32. The van der Waals surface area contributed by atoms with Crippen LogP contribution in [-0.2, 0) is 4.79 Å². The summed E-state index contributed by atoms with van der Waals surface area (Å²) in [4.78, 5) is 25.2. The third-order valence-electron chi connectivity index (χ3n) is 3.84. The van der Waals surface area contributed by atoms with Crippen molar-refractivity contribution in [3.8, 4) is 11.3 Å². The Morgan fingerprint density at radius 1 is 1.36 bits per heavy atom. The van der Waals surface area contributed by atoms with Gasteiger partial charge >= 0.3 is 5.97 Å². The van der Waals surface area contributed by atoms with E-state index in [2.05, 4.69) is 10.2 Å². The molecule has 7 heteroatoms. The van der Waals surface area contributed by atoms with Crippen molar-refractivity contribution in [2.45, 2.75) is 6.42 Å². The number of carbonyl (C=O) groups excluding carboxylic acids is 1. The highest BCUT2D eigenvalue weighted by atomic mass is 35.5. The van der Waals surface area contributed by atoms with Crippen LogP contribution in [0.2, 0.25) is 5.02 Å². The molecule has 0 spiro atoms. The Morgan fingerprint density at radius 3 is 2.82 bits per heavy atom. The van der Waals surface area contributed by atoms with E-state index in [0.717, 1.165) is 0 Å². The molecule has 2 N–H and O–H groups in total. The van der Waals surface area contributed by atoms with Gasteiger partial charge in [-0.3, -0.25) is 14.7 Å². The highest BCUT2D eigenvalue weighted by Crippen LogP contribution is 2.30. The summed E-state index contributed by atoms with van der Waals surface area (Å²) < 4.78 is 0. The van der Waals surface area contributed by atoms with Gasteiger partial charge < -0.3 is 10.0 Å². The molecule has 0 bridgehead atoms. The summed E-state index contributed by atoms with van der Waals surface area (Å²) >= 11 is 6.17. The second-order valence-electron chi connectivity index (χ2n) is 5.21. The molecule has 1 aromatic carbocycles. The van der Waals surface area contributed by atoms with Crippen LogP contribution in [0.15, 0.2) is 30.5 Å². The SMILES string of the molecule is O=C(O)C1CCN(C(=O)c2cn[nH]c2-c2ccccc2Cl)C1. The van der Waals surface area contributed by atoms with Gasteiger partial charge in [0.2, 0.25) is 0 Å². The molecule has 6 nitrogen and oxygen atoms in total. The van der Waals surface area contributed by atoms with Crippen molar-refractivity contribution in [3.05, 3.63) is 41.0 Å². The van der Waals surface area contributed by atoms with Gasteiger partial charge in [0.05, 0.1) is 23.4 Å². The van der Waals surface area contributed by atoms with Crippen molar-refractivity contribution in [1.82, 2.24) is 15.1 Å². The van der Waals surface area contributed by atoms with E-state index in [9.17, 15) is 9.59 Å². The largest absolute Gasteiger partial charge is 0.481 e. The molecule has 1 aliphatic rings. The predicted molar refractivity (Wildman–Crippen MR) is 80.7 cm³/mol. The van der Waals surface area contributed by atoms with Crippen molar-refractivity contribution in [1.29, 1.82) is 0 Å². The summed E-state index contributed by atoms with van der Waals surface area (Å²) in [6.45, 7) is 0.657. The number of nitrogens with one attached hydrogen (secondary N) is 1. The molecular weight excluding hydrogens is 306 g/mol. The molecule has 1 saturated heterocycles. The third-order valence-corrected chi connectivity index (χ3v) is 4.17. The first-order valence-corrected chi connectivity index (χ1v) is 7.26. The van der Waals surface area contributed by atoms with Gasteiger partial charge in [-0.1, -0.05) is 29.8 Å². The normalized spacial score (nSPS) is 17.7. The number of likely N-dealkylation sites (tertiary alicyclic amines) is 1. The second-order valence-corrected chi connectivity index (χ2v) is 5.62. The number of hydrogen-bond acceptors (Lipinski definition) is 3. The van der Waals surface area contributed by atoms with E-state index in [-0.39, 0.29) is 12.5 Å². The summed E-state index contributed by atoms with van der Waals surface area (Å²) in [5.74, 6) is -1.60. The molecular formula is C15H14ClN3O3. The number of aromatic nitrogens is 2. The number of carboxylic acids is 1. The number of amides is 1. The van der Waals surface area contributed by atoms with Gasteiger partial charge in [-0.05, 0) is 12.5 Å². The van der Waals surface area contributed by atoms with E-state index in [4.69, 9.17) is 16.7 Å². The quantitative estimate of drug-likeness (QED) is 0.908. The molecule has 114 valence electrons. The molecule has 0 radical (unpaired) electrons. The molecule has 2 aromatic rings. The molecule has 1 amide bonds. The zero-order valence-electron chi connectivity index (χ0n) is 11.6. The number of aromatic amines is 1. The molecule has 1 atom stereocenters. The van der Waals surface area contributed by atoms with Crippen molar-refractivity contribution < 1.29 is 14.7 Å². The van der Waals surface area contributed by atoms with E-state index >= 15 is 0 Å². The zero-order valence-corrected chi connectivity index (χ0v) is 12.4. The summed E-state index contributed by atoms with van der Waals surface area (Å²) in [6, 6.07) is 7.17. The van der Waals surface area contributed by atoms with Crippen LogP contribution in [0, 0.1) is 5.92 Å². The number of rotatable bonds is 3. The van der Waals surface area contributed by atoms with E-state index < -0.39 is 11.9 Å². The average Bonchev–Trinajstić information content (AvgIpc) is 3.16. The summed E-state index contributed by atoms with van der Waals surface area (Å²) in [6.07, 6.45) is 1.93. The molecule has 2 heterocycles. The van der Waals surface area contributed by atoms with E-state index in [0.29, 0.717) is 34.8 Å². The molecule has 0 aliphatic carbocycles.